The van der Waals surface area contributed by atoms with Crippen LogP contribution in [0.25, 0.3) is 0 Å². The minimum Gasteiger partial charge on any atom is -0.494 e. The zero-order valence-corrected chi connectivity index (χ0v) is 12.0. The van der Waals surface area contributed by atoms with Crippen LogP contribution in [0, 0.1) is 17.0 Å². The highest BCUT2D eigenvalue weighted by Crippen LogP contribution is 2.17. The molecule has 0 unspecified atom stereocenters. The molecule has 0 radical (unpaired) electrons. The summed E-state index contributed by atoms with van der Waals surface area (Å²) in [5, 5.41) is 10.5. The maximum atomic E-state index is 11.7. The summed E-state index contributed by atoms with van der Waals surface area (Å²) >= 11 is 0. The zero-order valence-electron chi connectivity index (χ0n) is 12.0. The SMILES string of the molecule is Cc1nc(N)[nH]c(=O)c1CCCOc1ccc([N+](=O)[O-])cc1. The van der Waals surface area contributed by atoms with Gasteiger partial charge in [-0.15, -0.1) is 0 Å². The van der Waals surface area contributed by atoms with Gasteiger partial charge in [0.15, 0.2) is 0 Å². The summed E-state index contributed by atoms with van der Waals surface area (Å²) in [5.74, 6) is 0.653. The molecule has 3 N–H and O–H groups in total. The van der Waals surface area contributed by atoms with Gasteiger partial charge in [0.1, 0.15) is 5.75 Å². The van der Waals surface area contributed by atoms with E-state index in [9.17, 15) is 14.9 Å². The molecule has 0 aliphatic heterocycles. The van der Waals surface area contributed by atoms with Crippen molar-refractivity contribution in [2.45, 2.75) is 19.8 Å². The Balaban J connectivity index is 1.87. The van der Waals surface area contributed by atoms with Crippen molar-refractivity contribution < 1.29 is 9.66 Å². The first kappa shape index (κ1) is 15.5. The summed E-state index contributed by atoms with van der Waals surface area (Å²) in [5.41, 5.74) is 6.43. The van der Waals surface area contributed by atoms with Crippen LogP contribution in [0.4, 0.5) is 11.6 Å². The number of non-ortho nitro benzene ring substituents is 1. The summed E-state index contributed by atoms with van der Waals surface area (Å²) in [6.07, 6.45) is 1.13. The number of nitro groups is 1. The number of nitrogens with zero attached hydrogens (tertiary/aromatic N) is 2. The number of benzene rings is 1. The number of aromatic amines is 1. The van der Waals surface area contributed by atoms with E-state index in [1.165, 1.54) is 12.1 Å². The normalized spacial score (nSPS) is 10.4. The van der Waals surface area contributed by atoms with Crippen molar-refractivity contribution in [3.05, 3.63) is 56.0 Å². The monoisotopic (exact) mass is 304 g/mol. The quantitative estimate of drug-likeness (QED) is 0.474. The number of rotatable bonds is 6. The van der Waals surface area contributed by atoms with E-state index in [1.54, 1.807) is 19.1 Å². The van der Waals surface area contributed by atoms with Crippen LogP contribution in [0.3, 0.4) is 0 Å². The second-order valence-corrected chi connectivity index (χ2v) is 4.72. The Hall–Kier alpha value is -2.90. The van der Waals surface area contributed by atoms with Gasteiger partial charge in [0.2, 0.25) is 5.95 Å². The summed E-state index contributed by atoms with van der Waals surface area (Å²) in [6, 6.07) is 5.85. The molecule has 0 atom stereocenters. The third kappa shape index (κ3) is 3.81. The highest BCUT2D eigenvalue weighted by molar-refractivity contribution is 5.36. The molecule has 8 heteroatoms. The molecule has 0 spiro atoms. The molecule has 1 aromatic heterocycles. The van der Waals surface area contributed by atoms with Gasteiger partial charge in [-0.3, -0.25) is 19.9 Å². The van der Waals surface area contributed by atoms with Gasteiger partial charge in [0.25, 0.3) is 11.2 Å². The molecule has 8 nitrogen and oxygen atoms in total. The molecule has 2 aromatic rings. The standard InChI is InChI=1S/C14H16N4O4/c1-9-12(13(19)17-14(15)16-9)3-2-8-22-11-6-4-10(5-7-11)18(20)21/h4-7H,2-3,8H2,1H3,(H3,15,16,17,19). The Labute approximate surface area is 126 Å². The first-order valence-electron chi connectivity index (χ1n) is 6.70. The lowest BCUT2D eigenvalue weighted by atomic mass is 10.1. The summed E-state index contributed by atoms with van der Waals surface area (Å²) in [7, 11) is 0. The summed E-state index contributed by atoms with van der Waals surface area (Å²) in [4.78, 5) is 28.3. The molecule has 116 valence electrons. The lowest BCUT2D eigenvalue weighted by molar-refractivity contribution is -0.384. The van der Waals surface area contributed by atoms with Gasteiger partial charge >= 0.3 is 0 Å². The Morgan fingerprint density at radius 1 is 1.36 bits per heavy atom. The number of nitrogens with one attached hydrogen (secondary N) is 1. The van der Waals surface area contributed by atoms with E-state index in [-0.39, 0.29) is 17.2 Å². The van der Waals surface area contributed by atoms with Crippen LogP contribution in [0.15, 0.2) is 29.1 Å². The first-order chi connectivity index (χ1) is 10.5. The van der Waals surface area contributed by atoms with E-state index < -0.39 is 4.92 Å². The van der Waals surface area contributed by atoms with Gasteiger partial charge in [-0.25, -0.2) is 4.98 Å². The number of nitrogen functional groups attached to an aromatic ring is 1. The number of aryl methyl sites for hydroxylation is 1. The molecule has 2 rings (SSSR count). The smallest absolute Gasteiger partial charge is 0.269 e. The van der Waals surface area contributed by atoms with Gasteiger partial charge in [0, 0.05) is 23.4 Å². The fourth-order valence-corrected chi connectivity index (χ4v) is 2.03. The average molecular weight is 304 g/mol. The molecule has 22 heavy (non-hydrogen) atoms. The van der Waals surface area contributed by atoms with Crippen LogP contribution in [0.5, 0.6) is 5.75 Å². The summed E-state index contributed by atoms with van der Waals surface area (Å²) in [6.45, 7) is 2.12. The van der Waals surface area contributed by atoms with E-state index >= 15 is 0 Å². The Kier molecular flexibility index (Phi) is 4.72. The lowest BCUT2D eigenvalue weighted by Crippen LogP contribution is -2.19. The zero-order chi connectivity index (χ0) is 16.1. The predicted octanol–water partition coefficient (Wildman–Crippen LogP) is 1.58. The van der Waals surface area contributed by atoms with Crippen molar-refractivity contribution in [1.82, 2.24) is 9.97 Å². The number of anilines is 1. The van der Waals surface area contributed by atoms with E-state index in [0.717, 1.165) is 0 Å². The first-order valence-corrected chi connectivity index (χ1v) is 6.70. The average Bonchev–Trinajstić information content (AvgIpc) is 2.46. The van der Waals surface area contributed by atoms with Crippen molar-refractivity contribution in [2.75, 3.05) is 12.3 Å². The number of nitro benzene ring substituents is 1. The molecule has 0 aliphatic rings. The van der Waals surface area contributed by atoms with Crippen molar-refractivity contribution >= 4 is 11.6 Å². The van der Waals surface area contributed by atoms with E-state index in [1.807, 2.05) is 0 Å². The topological polar surface area (TPSA) is 124 Å². The second-order valence-electron chi connectivity index (χ2n) is 4.72. The Morgan fingerprint density at radius 2 is 2.05 bits per heavy atom. The molecule has 1 heterocycles. The van der Waals surface area contributed by atoms with Crippen LogP contribution in [0.2, 0.25) is 0 Å². The maximum Gasteiger partial charge on any atom is 0.269 e. The fraction of sp³-hybridized carbons (Fsp3) is 0.286. The van der Waals surface area contributed by atoms with Gasteiger partial charge in [0.05, 0.1) is 11.5 Å². The number of ether oxygens (including phenoxy) is 1. The van der Waals surface area contributed by atoms with Crippen molar-refractivity contribution in [2.24, 2.45) is 0 Å². The predicted molar refractivity (Wildman–Crippen MR) is 80.9 cm³/mol. The summed E-state index contributed by atoms with van der Waals surface area (Å²) < 4.78 is 5.49. The highest BCUT2D eigenvalue weighted by atomic mass is 16.6. The third-order valence-electron chi connectivity index (χ3n) is 3.13. The van der Waals surface area contributed by atoms with E-state index in [0.29, 0.717) is 36.5 Å². The van der Waals surface area contributed by atoms with Crippen LogP contribution < -0.4 is 16.0 Å². The van der Waals surface area contributed by atoms with Crippen molar-refractivity contribution in [1.29, 1.82) is 0 Å². The number of hydrogen-bond donors (Lipinski definition) is 2. The van der Waals surface area contributed by atoms with Gasteiger partial charge in [-0.05, 0) is 31.9 Å². The molecular formula is C14H16N4O4. The molecule has 0 bridgehead atoms. The van der Waals surface area contributed by atoms with Crippen LogP contribution in [-0.2, 0) is 6.42 Å². The Bertz CT molecular complexity index is 725. The fourth-order valence-electron chi connectivity index (χ4n) is 2.03. The van der Waals surface area contributed by atoms with Gasteiger partial charge in [-0.1, -0.05) is 0 Å². The van der Waals surface area contributed by atoms with Gasteiger partial charge < -0.3 is 10.5 Å². The molecule has 0 saturated heterocycles. The third-order valence-corrected chi connectivity index (χ3v) is 3.13. The second kappa shape index (κ2) is 6.70. The Morgan fingerprint density at radius 3 is 2.64 bits per heavy atom. The molecule has 0 saturated carbocycles. The van der Waals surface area contributed by atoms with Crippen molar-refractivity contribution in [3.63, 3.8) is 0 Å². The molecular weight excluding hydrogens is 288 g/mol. The van der Waals surface area contributed by atoms with E-state index in [4.69, 9.17) is 10.5 Å². The lowest BCUT2D eigenvalue weighted by Gasteiger charge is -2.07. The largest absolute Gasteiger partial charge is 0.494 e. The number of nitrogens with two attached hydrogens (primary N) is 1. The van der Waals surface area contributed by atoms with E-state index in [2.05, 4.69) is 9.97 Å². The van der Waals surface area contributed by atoms with Crippen molar-refractivity contribution in [3.8, 4) is 5.75 Å². The van der Waals surface area contributed by atoms with Crippen LogP contribution >= 0.6 is 0 Å². The minimum absolute atomic E-state index is 0.0162. The van der Waals surface area contributed by atoms with Crippen LogP contribution in [-0.4, -0.2) is 21.5 Å². The molecule has 0 aliphatic carbocycles. The molecule has 0 amide bonds. The number of hydrogen-bond acceptors (Lipinski definition) is 6. The van der Waals surface area contributed by atoms with Crippen LogP contribution in [0.1, 0.15) is 17.7 Å². The highest BCUT2D eigenvalue weighted by Gasteiger charge is 2.07. The van der Waals surface area contributed by atoms with Gasteiger partial charge in [-0.2, -0.15) is 0 Å². The number of aromatic nitrogens is 2. The minimum atomic E-state index is -0.465. The number of H-pyrrole nitrogens is 1. The molecule has 0 fully saturated rings. The molecule has 1 aromatic carbocycles. The maximum absolute atomic E-state index is 11.7.